The molecule has 3 rings (SSSR count). The van der Waals surface area contributed by atoms with Crippen molar-refractivity contribution in [2.45, 2.75) is 45.1 Å². The lowest BCUT2D eigenvalue weighted by atomic mass is 9.87. The first-order valence-electron chi connectivity index (χ1n) is 8.22. The molecule has 5 nitrogen and oxygen atoms in total. The third-order valence-electron chi connectivity index (χ3n) is 4.71. The van der Waals surface area contributed by atoms with Crippen LogP contribution in [0.3, 0.4) is 0 Å². The minimum Gasteiger partial charge on any atom is -0.398 e. The summed E-state index contributed by atoms with van der Waals surface area (Å²) in [4.78, 5) is 0. The molecule has 1 fully saturated rings. The van der Waals surface area contributed by atoms with Gasteiger partial charge in [-0.05, 0) is 52.0 Å². The Bertz CT molecular complexity index is 861. The summed E-state index contributed by atoms with van der Waals surface area (Å²) >= 11 is 0. The predicted molar refractivity (Wildman–Crippen MR) is 91.5 cm³/mol. The molecule has 0 aliphatic carbocycles. The molecule has 0 bridgehead atoms. The molecule has 1 saturated heterocycles. The van der Waals surface area contributed by atoms with Crippen molar-refractivity contribution in [1.29, 1.82) is 0 Å². The number of nitrogens with zero attached hydrogens (tertiary/aromatic N) is 3. The van der Waals surface area contributed by atoms with Crippen LogP contribution in [0.4, 0.5) is 17.6 Å². The summed E-state index contributed by atoms with van der Waals surface area (Å²) in [7, 11) is -1.19. The molecule has 0 N–H and O–H groups in total. The fourth-order valence-electron chi connectivity index (χ4n) is 2.46. The Kier molecular flexibility index (Phi) is 4.67. The van der Waals surface area contributed by atoms with Gasteiger partial charge in [-0.3, -0.25) is 0 Å². The van der Waals surface area contributed by atoms with Crippen LogP contribution < -0.4 is 0 Å². The molecule has 2 aromatic rings. The van der Waals surface area contributed by atoms with Crippen LogP contribution in [0.15, 0.2) is 36.2 Å². The van der Waals surface area contributed by atoms with Crippen LogP contribution in [0.1, 0.15) is 39.0 Å². The van der Waals surface area contributed by atoms with Crippen molar-refractivity contribution in [2.24, 2.45) is 0 Å². The molecule has 0 amide bonds. The molecule has 0 atom stereocenters. The van der Waals surface area contributed by atoms with Crippen LogP contribution in [-0.4, -0.2) is 33.3 Å². The molecule has 0 unspecified atom stereocenters. The Balaban J connectivity index is 1.82. The Hall–Kier alpha value is -2.20. The Morgan fingerprint density at radius 1 is 1.15 bits per heavy atom. The summed E-state index contributed by atoms with van der Waals surface area (Å²) < 4.78 is 65.3. The van der Waals surface area contributed by atoms with E-state index in [1.54, 1.807) is 27.7 Å². The SMILES string of the molecule is CC1(C)OB(C(F)=Cc2cn(-c3cccc(C(F)(F)F)c3)nn2)OC1(C)C. The van der Waals surface area contributed by atoms with Crippen molar-refractivity contribution in [1.82, 2.24) is 15.0 Å². The summed E-state index contributed by atoms with van der Waals surface area (Å²) in [5.41, 5.74) is -2.62. The van der Waals surface area contributed by atoms with Gasteiger partial charge in [-0.25, -0.2) is 9.07 Å². The summed E-state index contributed by atoms with van der Waals surface area (Å²) in [6, 6.07) is 4.61. The van der Waals surface area contributed by atoms with E-state index in [1.165, 1.54) is 18.3 Å². The van der Waals surface area contributed by atoms with Gasteiger partial charge in [0.15, 0.2) is 0 Å². The zero-order valence-corrected chi connectivity index (χ0v) is 15.2. The average Bonchev–Trinajstić information content (AvgIpc) is 3.09. The number of rotatable bonds is 3. The molecular formula is C17H18BF4N3O2. The second-order valence-corrected chi connectivity index (χ2v) is 7.25. The van der Waals surface area contributed by atoms with Gasteiger partial charge in [0.05, 0.1) is 28.6 Å². The number of benzene rings is 1. The number of hydrogen-bond acceptors (Lipinski definition) is 4. The first-order valence-corrected chi connectivity index (χ1v) is 8.22. The van der Waals surface area contributed by atoms with E-state index in [0.29, 0.717) is 0 Å². The molecule has 27 heavy (non-hydrogen) atoms. The van der Waals surface area contributed by atoms with Gasteiger partial charge >= 0.3 is 13.3 Å². The maximum Gasteiger partial charge on any atom is 0.525 e. The molecule has 0 spiro atoms. The van der Waals surface area contributed by atoms with Gasteiger partial charge in [-0.2, -0.15) is 13.2 Å². The van der Waals surface area contributed by atoms with Crippen LogP contribution in [0.2, 0.25) is 0 Å². The highest BCUT2D eigenvalue weighted by molar-refractivity contribution is 6.54. The van der Waals surface area contributed by atoms with Gasteiger partial charge in [0.25, 0.3) is 0 Å². The lowest BCUT2D eigenvalue weighted by Gasteiger charge is -2.32. The van der Waals surface area contributed by atoms with Gasteiger partial charge in [0, 0.05) is 0 Å². The van der Waals surface area contributed by atoms with E-state index in [2.05, 4.69) is 10.3 Å². The number of halogens is 4. The van der Waals surface area contributed by atoms with Crippen LogP contribution in [0.25, 0.3) is 11.8 Å². The monoisotopic (exact) mass is 383 g/mol. The van der Waals surface area contributed by atoms with E-state index < -0.39 is 35.8 Å². The average molecular weight is 383 g/mol. The second-order valence-electron chi connectivity index (χ2n) is 7.25. The number of hydrogen-bond donors (Lipinski definition) is 0. The molecule has 1 aromatic heterocycles. The first-order chi connectivity index (χ1) is 12.4. The van der Waals surface area contributed by atoms with Crippen LogP contribution in [-0.2, 0) is 15.5 Å². The summed E-state index contributed by atoms with van der Waals surface area (Å²) in [6.45, 7) is 7.18. The van der Waals surface area contributed by atoms with Crippen molar-refractivity contribution >= 4 is 13.2 Å². The van der Waals surface area contributed by atoms with Crippen LogP contribution in [0, 0.1) is 0 Å². The van der Waals surface area contributed by atoms with Gasteiger partial charge in [0.2, 0.25) is 0 Å². The molecule has 1 aromatic carbocycles. The molecular weight excluding hydrogens is 365 g/mol. The van der Waals surface area contributed by atoms with E-state index >= 15 is 0 Å². The normalized spacial score (nSPS) is 19.6. The topological polar surface area (TPSA) is 49.2 Å². The second kappa shape index (κ2) is 6.45. The lowest BCUT2D eigenvalue weighted by molar-refractivity contribution is -0.137. The Morgan fingerprint density at radius 2 is 1.78 bits per heavy atom. The van der Waals surface area contributed by atoms with E-state index in [9.17, 15) is 17.6 Å². The minimum atomic E-state index is -4.47. The first kappa shape index (κ1) is 19.6. The molecule has 0 saturated carbocycles. The molecule has 10 heteroatoms. The molecule has 1 aliphatic heterocycles. The molecule has 0 radical (unpaired) electrons. The van der Waals surface area contributed by atoms with E-state index in [-0.39, 0.29) is 11.4 Å². The van der Waals surface area contributed by atoms with E-state index in [0.717, 1.165) is 22.9 Å². The third-order valence-corrected chi connectivity index (χ3v) is 4.71. The van der Waals surface area contributed by atoms with Crippen molar-refractivity contribution in [3.05, 3.63) is 47.4 Å². The summed E-state index contributed by atoms with van der Waals surface area (Å²) in [6.07, 6.45) is -2.07. The smallest absolute Gasteiger partial charge is 0.398 e. The molecule has 144 valence electrons. The highest BCUT2D eigenvalue weighted by Crippen LogP contribution is 2.39. The summed E-state index contributed by atoms with van der Waals surface area (Å²) in [5, 5.41) is 7.53. The van der Waals surface area contributed by atoms with Gasteiger partial charge in [-0.1, -0.05) is 11.3 Å². The molecule has 1 aliphatic rings. The zero-order chi connectivity index (χ0) is 20.0. The van der Waals surface area contributed by atoms with Crippen molar-refractivity contribution in [3.8, 4) is 5.69 Å². The standard InChI is InChI=1S/C17H18BF4N3O2/c1-15(2)16(3,4)27-18(26-15)14(19)9-12-10-25(24-23-12)13-7-5-6-11(8-13)17(20,21)22/h5-10H,1-4H3. The third kappa shape index (κ3) is 3.91. The van der Waals surface area contributed by atoms with Gasteiger partial charge < -0.3 is 9.31 Å². The van der Waals surface area contributed by atoms with Gasteiger partial charge in [-0.15, -0.1) is 5.10 Å². The summed E-state index contributed by atoms with van der Waals surface area (Å²) in [5.74, 6) is 0. The quantitative estimate of drug-likeness (QED) is 0.588. The highest BCUT2D eigenvalue weighted by atomic mass is 19.4. The fourth-order valence-corrected chi connectivity index (χ4v) is 2.46. The predicted octanol–water partition coefficient (Wildman–Crippen LogP) is 4.23. The lowest BCUT2D eigenvalue weighted by Crippen LogP contribution is -2.41. The largest absolute Gasteiger partial charge is 0.525 e. The van der Waals surface area contributed by atoms with Crippen LogP contribution >= 0.6 is 0 Å². The van der Waals surface area contributed by atoms with Crippen molar-refractivity contribution < 1.29 is 26.9 Å². The van der Waals surface area contributed by atoms with E-state index in [4.69, 9.17) is 9.31 Å². The van der Waals surface area contributed by atoms with Crippen molar-refractivity contribution in [3.63, 3.8) is 0 Å². The number of alkyl halides is 3. The molecule has 2 heterocycles. The fraction of sp³-hybridized carbons (Fsp3) is 0.412. The van der Waals surface area contributed by atoms with Crippen molar-refractivity contribution in [2.75, 3.05) is 0 Å². The maximum atomic E-state index is 14.5. The zero-order valence-electron chi connectivity index (χ0n) is 15.2. The maximum absolute atomic E-state index is 14.5. The minimum absolute atomic E-state index is 0.125. The Labute approximate surface area is 154 Å². The van der Waals surface area contributed by atoms with Gasteiger partial charge in [0.1, 0.15) is 11.4 Å². The number of aromatic nitrogens is 3. The van der Waals surface area contributed by atoms with E-state index in [1.807, 2.05) is 0 Å². The van der Waals surface area contributed by atoms with Crippen LogP contribution in [0.5, 0.6) is 0 Å². The highest BCUT2D eigenvalue weighted by Gasteiger charge is 2.53. The Morgan fingerprint density at radius 3 is 2.37 bits per heavy atom.